The molecule has 0 aliphatic heterocycles. The Morgan fingerprint density at radius 2 is 2.04 bits per heavy atom. The van der Waals surface area contributed by atoms with E-state index in [1.165, 1.54) is 24.6 Å². The zero-order chi connectivity index (χ0) is 19.1. The number of hydrogen-bond acceptors (Lipinski definition) is 8. The molecule has 0 spiro atoms. The molecule has 2 aromatic heterocycles. The zero-order valence-electron chi connectivity index (χ0n) is 15.1. The Morgan fingerprint density at radius 3 is 2.78 bits per heavy atom. The van der Waals surface area contributed by atoms with Gasteiger partial charge in [0.25, 0.3) is 0 Å². The van der Waals surface area contributed by atoms with Crippen molar-refractivity contribution < 1.29 is 4.79 Å². The molecule has 9 heteroatoms. The minimum Gasteiger partial charge on any atom is -0.325 e. The molecule has 27 heavy (non-hydrogen) atoms. The van der Waals surface area contributed by atoms with Crippen LogP contribution in [0.15, 0.2) is 38.3 Å². The molecule has 1 N–H and O–H groups in total. The summed E-state index contributed by atoms with van der Waals surface area (Å²) in [5, 5.41) is 14.3. The lowest BCUT2D eigenvalue weighted by molar-refractivity contribution is -0.113. The fraction of sp³-hybridized carbons (Fsp3) is 0.333. The number of amides is 1. The van der Waals surface area contributed by atoms with Gasteiger partial charge in [-0.05, 0) is 25.5 Å². The van der Waals surface area contributed by atoms with Gasteiger partial charge in [0.05, 0.1) is 16.5 Å². The molecule has 0 aliphatic carbocycles. The quantitative estimate of drug-likeness (QED) is 0.348. The van der Waals surface area contributed by atoms with E-state index in [4.69, 9.17) is 0 Å². The van der Waals surface area contributed by atoms with Crippen LogP contribution in [-0.2, 0) is 4.79 Å². The second kappa shape index (κ2) is 10.2. The molecule has 1 amide bonds. The molecule has 0 radical (unpaired) electrons. The number of thiazole rings is 1. The average molecular weight is 437 g/mol. The second-order valence-electron chi connectivity index (χ2n) is 5.71. The van der Waals surface area contributed by atoms with Gasteiger partial charge in [-0.25, -0.2) is 4.98 Å². The van der Waals surface area contributed by atoms with Gasteiger partial charge in [0, 0.05) is 22.4 Å². The topological polar surface area (TPSA) is 67.8 Å². The third kappa shape index (κ3) is 6.31. The lowest BCUT2D eigenvalue weighted by Crippen LogP contribution is -2.13. The van der Waals surface area contributed by atoms with Crippen molar-refractivity contribution in [3.63, 3.8) is 0 Å². The SMILES string of the molecule is CCCCSc1nnc(SCC(=O)Nc2cccc(-c3csc(C)n3)c2)s1. The maximum atomic E-state index is 12.3. The highest BCUT2D eigenvalue weighted by molar-refractivity contribution is 8.03. The number of nitrogens with zero attached hydrogens (tertiary/aromatic N) is 3. The van der Waals surface area contributed by atoms with Crippen molar-refractivity contribution in [2.75, 3.05) is 16.8 Å². The smallest absolute Gasteiger partial charge is 0.234 e. The number of hydrogen-bond donors (Lipinski definition) is 1. The third-order valence-electron chi connectivity index (χ3n) is 3.50. The number of rotatable bonds is 9. The first kappa shape index (κ1) is 20.3. The van der Waals surface area contributed by atoms with E-state index in [2.05, 4.69) is 27.4 Å². The number of thioether (sulfide) groups is 2. The molecule has 0 atom stereocenters. The van der Waals surface area contributed by atoms with E-state index in [1.54, 1.807) is 34.4 Å². The lowest BCUT2D eigenvalue weighted by atomic mass is 10.1. The molecule has 0 bridgehead atoms. The van der Waals surface area contributed by atoms with E-state index in [0.717, 1.165) is 36.4 Å². The molecule has 0 saturated heterocycles. The zero-order valence-corrected chi connectivity index (χ0v) is 18.4. The van der Waals surface area contributed by atoms with Crippen molar-refractivity contribution in [2.45, 2.75) is 35.4 Å². The fourth-order valence-electron chi connectivity index (χ4n) is 2.19. The average Bonchev–Trinajstić information content (AvgIpc) is 3.29. The first-order chi connectivity index (χ1) is 13.1. The summed E-state index contributed by atoms with van der Waals surface area (Å²) in [5.41, 5.74) is 2.71. The van der Waals surface area contributed by atoms with Crippen molar-refractivity contribution in [3.8, 4) is 11.3 Å². The van der Waals surface area contributed by atoms with Gasteiger partial charge in [-0.2, -0.15) is 0 Å². The molecule has 142 valence electrons. The van der Waals surface area contributed by atoms with Crippen LogP contribution in [0.2, 0.25) is 0 Å². The molecule has 5 nitrogen and oxygen atoms in total. The number of aromatic nitrogens is 3. The van der Waals surface area contributed by atoms with Gasteiger partial charge < -0.3 is 5.32 Å². The predicted molar refractivity (Wildman–Crippen MR) is 117 cm³/mol. The Balaban J connectivity index is 1.51. The van der Waals surface area contributed by atoms with Gasteiger partial charge in [-0.15, -0.1) is 21.5 Å². The third-order valence-corrected chi connectivity index (χ3v) is 7.55. The van der Waals surface area contributed by atoms with Crippen LogP contribution in [0.5, 0.6) is 0 Å². The Bertz CT molecular complexity index is 893. The first-order valence-electron chi connectivity index (χ1n) is 8.55. The van der Waals surface area contributed by atoms with E-state index in [0.29, 0.717) is 5.75 Å². The summed E-state index contributed by atoms with van der Waals surface area (Å²) in [6.07, 6.45) is 2.35. The van der Waals surface area contributed by atoms with Crippen LogP contribution in [0.1, 0.15) is 24.8 Å². The lowest BCUT2D eigenvalue weighted by Gasteiger charge is -2.06. The Labute approximate surface area is 175 Å². The van der Waals surface area contributed by atoms with Crippen molar-refractivity contribution in [2.24, 2.45) is 0 Å². The maximum Gasteiger partial charge on any atom is 0.234 e. The monoisotopic (exact) mass is 436 g/mol. The minimum atomic E-state index is -0.0537. The van der Waals surface area contributed by atoms with Crippen LogP contribution in [0.25, 0.3) is 11.3 Å². The Kier molecular flexibility index (Phi) is 7.69. The second-order valence-corrected chi connectivity index (χ2v) is 10.3. The molecular weight excluding hydrogens is 416 g/mol. The van der Waals surface area contributed by atoms with Crippen LogP contribution in [0.4, 0.5) is 5.69 Å². The summed E-state index contributed by atoms with van der Waals surface area (Å²) in [6, 6.07) is 7.76. The van der Waals surface area contributed by atoms with E-state index >= 15 is 0 Å². The van der Waals surface area contributed by atoms with Crippen LogP contribution >= 0.6 is 46.2 Å². The highest BCUT2D eigenvalue weighted by atomic mass is 32.2. The summed E-state index contributed by atoms with van der Waals surface area (Å²) < 4.78 is 1.80. The van der Waals surface area contributed by atoms with Crippen molar-refractivity contribution >= 4 is 57.8 Å². The van der Waals surface area contributed by atoms with E-state index in [-0.39, 0.29) is 5.91 Å². The van der Waals surface area contributed by atoms with Gasteiger partial charge in [0.15, 0.2) is 8.68 Å². The normalized spacial score (nSPS) is 10.9. The van der Waals surface area contributed by atoms with E-state index < -0.39 is 0 Å². The standard InChI is InChI=1S/C18H20N4OS4/c1-3-4-8-24-17-21-22-18(27-17)26-11-16(23)20-14-7-5-6-13(9-14)15-10-25-12(2)19-15/h5-7,9-10H,3-4,8,11H2,1-2H3,(H,20,23). The van der Waals surface area contributed by atoms with Gasteiger partial charge in [0.2, 0.25) is 5.91 Å². The number of aryl methyl sites for hydroxylation is 1. The molecule has 3 rings (SSSR count). The Morgan fingerprint density at radius 1 is 1.22 bits per heavy atom. The molecule has 3 aromatic rings. The maximum absolute atomic E-state index is 12.3. The highest BCUT2D eigenvalue weighted by Crippen LogP contribution is 2.29. The molecular formula is C18H20N4OS4. The highest BCUT2D eigenvalue weighted by Gasteiger charge is 2.10. The van der Waals surface area contributed by atoms with Gasteiger partial charge in [-0.3, -0.25) is 4.79 Å². The molecule has 1 aromatic carbocycles. The fourth-order valence-corrected chi connectivity index (χ4v) is 5.79. The molecule has 2 heterocycles. The van der Waals surface area contributed by atoms with E-state index in [1.807, 2.05) is 36.6 Å². The first-order valence-corrected chi connectivity index (χ1v) is 12.2. The summed E-state index contributed by atoms with van der Waals surface area (Å²) in [6.45, 7) is 4.16. The summed E-state index contributed by atoms with van der Waals surface area (Å²) in [7, 11) is 0. The number of anilines is 1. The molecule has 0 unspecified atom stereocenters. The van der Waals surface area contributed by atoms with Crippen LogP contribution < -0.4 is 5.32 Å². The summed E-state index contributed by atoms with van der Waals surface area (Å²) in [4.78, 5) is 16.8. The van der Waals surface area contributed by atoms with Crippen molar-refractivity contribution in [1.29, 1.82) is 0 Å². The van der Waals surface area contributed by atoms with Gasteiger partial charge in [-0.1, -0.05) is 60.3 Å². The number of benzene rings is 1. The van der Waals surface area contributed by atoms with Crippen LogP contribution in [0.3, 0.4) is 0 Å². The molecule has 0 aliphatic rings. The molecule has 0 saturated carbocycles. The minimum absolute atomic E-state index is 0.0537. The number of carbonyl (C=O) groups excluding carboxylic acids is 1. The van der Waals surface area contributed by atoms with Gasteiger partial charge >= 0.3 is 0 Å². The number of nitrogens with one attached hydrogen (secondary N) is 1. The van der Waals surface area contributed by atoms with Gasteiger partial charge in [0.1, 0.15) is 0 Å². The van der Waals surface area contributed by atoms with Crippen LogP contribution in [-0.4, -0.2) is 32.6 Å². The van der Waals surface area contributed by atoms with Crippen molar-refractivity contribution in [3.05, 3.63) is 34.7 Å². The summed E-state index contributed by atoms with van der Waals surface area (Å²) in [5.74, 6) is 1.32. The Hall–Kier alpha value is -1.42. The largest absolute Gasteiger partial charge is 0.325 e. The van der Waals surface area contributed by atoms with Crippen molar-refractivity contribution in [1.82, 2.24) is 15.2 Å². The van der Waals surface area contributed by atoms with Crippen LogP contribution in [0, 0.1) is 6.92 Å². The summed E-state index contributed by atoms with van der Waals surface area (Å²) >= 11 is 6.32. The molecule has 0 fully saturated rings. The predicted octanol–water partition coefficient (Wildman–Crippen LogP) is 5.59. The number of unbranched alkanes of at least 4 members (excludes halogenated alkanes) is 1. The van der Waals surface area contributed by atoms with E-state index in [9.17, 15) is 4.79 Å². The number of carbonyl (C=O) groups is 1.